The number of carbonyl (C=O) groups excluding carboxylic acids is 1. The molecule has 0 spiro atoms. The van der Waals surface area contributed by atoms with E-state index in [0.29, 0.717) is 10.9 Å². The van der Waals surface area contributed by atoms with Crippen molar-refractivity contribution in [3.63, 3.8) is 0 Å². The molecule has 20 heavy (non-hydrogen) atoms. The molecule has 0 radical (unpaired) electrons. The molecule has 3 rings (SSSR count). The van der Waals surface area contributed by atoms with E-state index >= 15 is 0 Å². The summed E-state index contributed by atoms with van der Waals surface area (Å²) in [6, 6.07) is 9.60. The van der Waals surface area contributed by atoms with Gasteiger partial charge in [0.15, 0.2) is 5.69 Å². The quantitative estimate of drug-likeness (QED) is 0.865. The van der Waals surface area contributed by atoms with E-state index in [-0.39, 0.29) is 5.91 Å². The van der Waals surface area contributed by atoms with Gasteiger partial charge in [0, 0.05) is 18.3 Å². The number of benzene rings is 1. The Hall–Kier alpha value is -1.82. The van der Waals surface area contributed by atoms with E-state index in [1.807, 2.05) is 47.0 Å². The molecular weight excluding hydrogens is 272 g/mol. The summed E-state index contributed by atoms with van der Waals surface area (Å²) in [7, 11) is 0. The van der Waals surface area contributed by atoms with E-state index in [4.69, 9.17) is 0 Å². The Morgan fingerprint density at radius 1 is 1.35 bits per heavy atom. The molecule has 1 atom stereocenters. The number of rotatable bonds is 3. The van der Waals surface area contributed by atoms with Crippen LogP contribution in [0.2, 0.25) is 0 Å². The molecule has 1 amide bonds. The zero-order chi connectivity index (χ0) is 13.9. The van der Waals surface area contributed by atoms with Crippen LogP contribution in [0, 0.1) is 0 Å². The highest BCUT2D eigenvalue weighted by Gasteiger charge is 2.27. The van der Waals surface area contributed by atoms with E-state index in [9.17, 15) is 4.79 Å². The van der Waals surface area contributed by atoms with Crippen LogP contribution in [0.4, 0.5) is 0 Å². The fraction of sp³-hybridized carbons (Fsp3) is 0.357. The Morgan fingerprint density at radius 2 is 2.15 bits per heavy atom. The standard InChI is InChI=1S/C14H16N4OS/c1-20-12-7-8-17(10-12)14(19)13-9-15-18(16-13)11-5-3-2-4-6-11/h2-6,9,12H,7-8,10H2,1H3. The Labute approximate surface area is 122 Å². The second kappa shape index (κ2) is 5.66. The van der Waals surface area contributed by atoms with Crippen molar-refractivity contribution in [2.24, 2.45) is 0 Å². The van der Waals surface area contributed by atoms with Crippen molar-refractivity contribution in [2.45, 2.75) is 11.7 Å². The number of hydrogen-bond acceptors (Lipinski definition) is 4. The fourth-order valence-corrected chi connectivity index (χ4v) is 2.98. The lowest BCUT2D eigenvalue weighted by atomic mass is 10.3. The number of para-hydroxylation sites is 1. The highest BCUT2D eigenvalue weighted by Crippen LogP contribution is 2.21. The summed E-state index contributed by atoms with van der Waals surface area (Å²) in [6.07, 6.45) is 4.69. The van der Waals surface area contributed by atoms with Gasteiger partial charge in [-0.3, -0.25) is 4.79 Å². The summed E-state index contributed by atoms with van der Waals surface area (Å²) in [5, 5.41) is 9.00. The largest absolute Gasteiger partial charge is 0.336 e. The molecule has 1 aromatic heterocycles. The summed E-state index contributed by atoms with van der Waals surface area (Å²) in [6.45, 7) is 1.61. The first-order valence-electron chi connectivity index (χ1n) is 6.58. The Bertz CT molecular complexity index is 598. The van der Waals surface area contributed by atoms with Gasteiger partial charge in [-0.25, -0.2) is 0 Å². The van der Waals surface area contributed by atoms with E-state index in [2.05, 4.69) is 16.5 Å². The van der Waals surface area contributed by atoms with Crippen molar-refractivity contribution in [3.05, 3.63) is 42.2 Å². The molecule has 0 N–H and O–H groups in total. The van der Waals surface area contributed by atoms with Gasteiger partial charge in [0.2, 0.25) is 0 Å². The molecule has 0 aliphatic carbocycles. The first-order valence-corrected chi connectivity index (χ1v) is 7.86. The molecule has 2 aromatic rings. The predicted octanol–water partition coefficient (Wildman–Crippen LogP) is 1.84. The van der Waals surface area contributed by atoms with Gasteiger partial charge >= 0.3 is 0 Å². The lowest BCUT2D eigenvalue weighted by Gasteiger charge is -2.13. The maximum atomic E-state index is 12.4. The van der Waals surface area contributed by atoms with Crippen molar-refractivity contribution in [1.29, 1.82) is 0 Å². The molecule has 1 aliphatic heterocycles. The van der Waals surface area contributed by atoms with Gasteiger partial charge in [-0.1, -0.05) is 18.2 Å². The maximum absolute atomic E-state index is 12.4. The van der Waals surface area contributed by atoms with Crippen LogP contribution in [0.25, 0.3) is 5.69 Å². The van der Waals surface area contributed by atoms with Crippen molar-refractivity contribution in [3.8, 4) is 5.69 Å². The monoisotopic (exact) mass is 288 g/mol. The summed E-state index contributed by atoms with van der Waals surface area (Å²) >= 11 is 1.82. The first-order chi connectivity index (χ1) is 9.78. The van der Waals surface area contributed by atoms with Gasteiger partial charge in [0.05, 0.1) is 11.9 Å². The van der Waals surface area contributed by atoms with Crippen LogP contribution in [-0.4, -0.2) is 50.4 Å². The topological polar surface area (TPSA) is 51.0 Å². The van der Waals surface area contributed by atoms with Gasteiger partial charge in [-0.05, 0) is 24.8 Å². The van der Waals surface area contributed by atoms with Gasteiger partial charge in [-0.15, -0.1) is 5.10 Å². The average molecular weight is 288 g/mol. The number of likely N-dealkylation sites (tertiary alicyclic amines) is 1. The van der Waals surface area contributed by atoms with Gasteiger partial charge in [-0.2, -0.15) is 21.7 Å². The summed E-state index contributed by atoms with van der Waals surface area (Å²) in [5.41, 5.74) is 1.27. The van der Waals surface area contributed by atoms with Crippen LogP contribution in [0.1, 0.15) is 16.9 Å². The fourth-order valence-electron chi connectivity index (χ4n) is 2.31. The molecule has 0 bridgehead atoms. The van der Waals surface area contributed by atoms with Gasteiger partial charge < -0.3 is 4.90 Å². The minimum absolute atomic E-state index is 0.0243. The molecule has 1 aliphatic rings. The van der Waals surface area contributed by atoms with Crippen molar-refractivity contribution in [1.82, 2.24) is 19.9 Å². The Morgan fingerprint density at radius 3 is 2.85 bits per heavy atom. The average Bonchev–Trinajstić information content (AvgIpc) is 3.17. The zero-order valence-corrected chi connectivity index (χ0v) is 12.1. The van der Waals surface area contributed by atoms with Crippen LogP contribution >= 0.6 is 11.8 Å². The van der Waals surface area contributed by atoms with Crippen LogP contribution in [0.3, 0.4) is 0 Å². The number of hydrogen-bond donors (Lipinski definition) is 0. The molecule has 2 heterocycles. The second-order valence-corrected chi connectivity index (χ2v) is 5.89. The van der Waals surface area contributed by atoms with E-state index in [1.54, 1.807) is 6.20 Å². The lowest BCUT2D eigenvalue weighted by molar-refractivity contribution is 0.0787. The molecule has 104 valence electrons. The van der Waals surface area contributed by atoms with E-state index < -0.39 is 0 Å². The summed E-state index contributed by atoms with van der Waals surface area (Å²) in [4.78, 5) is 15.7. The third kappa shape index (κ3) is 2.56. The highest BCUT2D eigenvalue weighted by molar-refractivity contribution is 7.99. The van der Waals surface area contributed by atoms with Crippen LogP contribution in [0.15, 0.2) is 36.5 Å². The smallest absolute Gasteiger partial charge is 0.276 e. The summed E-state index contributed by atoms with van der Waals surface area (Å²) < 4.78 is 0. The highest BCUT2D eigenvalue weighted by atomic mass is 32.2. The van der Waals surface area contributed by atoms with E-state index in [0.717, 1.165) is 25.2 Å². The Kier molecular flexibility index (Phi) is 3.73. The van der Waals surface area contributed by atoms with Crippen molar-refractivity contribution < 1.29 is 4.79 Å². The van der Waals surface area contributed by atoms with Crippen LogP contribution in [-0.2, 0) is 0 Å². The number of nitrogens with zero attached hydrogens (tertiary/aromatic N) is 4. The number of aromatic nitrogens is 3. The normalized spacial score (nSPS) is 18.4. The minimum atomic E-state index is -0.0243. The first kappa shape index (κ1) is 13.2. The van der Waals surface area contributed by atoms with Crippen LogP contribution in [0.5, 0.6) is 0 Å². The second-order valence-electron chi connectivity index (χ2n) is 4.75. The third-order valence-electron chi connectivity index (χ3n) is 3.46. The molecule has 1 aromatic carbocycles. The molecule has 1 unspecified atom stereocenters. The van der Waals surface area contributed by atoms with Crippen molar-refractivity contribution >= 4 is 17.7 Å². The summed E-state index contributed by atoms with van der Waals surface area (Å²) in [5.74, 6) is -0.0243. The maximum Gasteiger partial charge on any atom is 0.276 e. The Balaban J connectivity index is 1.76. The zero-order valence-electron chi connectivity index (χ0n) is 11.3. The molecule has 0 saturated carbocycles. The minimum Gasteiger partial charge on any atom is -0.336 e. The number of carbonyl (C=O) groups is 1. The predicted molar refractivity (Wildman–Crippen MR) is 79.2 cm³/mol. The van der Waals surface area contributed by atoms with Crippen LogP contribution < -0.4 is 0 Å². The SMILES string of the molecule is CSC1CCN(C(=O)c2cnn(-c3ccccc3)n2)C1. The number of thioether (sulfide) groups is 1. The van der Waals surface area contributed by atoms with Crippen molar-refractivity contribution in [2.75, 3.05) is 19.3 Å². The van der Waals surface area contributed by atoms with E-state index in [1.165, 1.54) is 4.80 Å². The third-order valence-corrected chi connectivity index (χ3v) is 4.52. The molecular formula is C14H16N4OS. The molecule has 6 heteroatoms. The van der Waals surface area contributed by atoms with Gasteiger partial charge in [0.25, 0.3) is 5.91 Å². The molecule has 1 fully saturated rings. The molecule has 5 nitrogen and oxygen atoms in total. The lowest BCUT2D eigenvalue weighted by Crippen LogP contribution is -2.29. The molecule has 1 saturated heterocycles. The number of amides is 1. The van der Waals surface area contributed by atoms with Gasteiger partial charge in [0.1, 0.15) is 0 Å².